The number of nitrogens with one attached hydrogen (secondary N) is 1. The average Bonchev–Trinajstić information content (AvgIpc) is 2.42. The SMILES string of the molecule is CC(C)(CO)CNC(=O)/C=C/C(=O)OC(N)C(C)(C)CO. The van der Waals surface area contributed by atoms with Gasteiger partial charge in [0, 0.05) is 36.1 Å². The van der Waals surface area contributed by atoms with Crippen molar-refractivity contribution in [2.24, 2.45) is 16.6 Å². The van der Waals surface area contributed by atoms with Gasteiger partial charge in [-0.05, 0) is 0 Å². The summed E-state index contributed by atoms with van der Waals surface area (Å²) in [6, 6.07) is 0. The minimum atomic E-state index is -0.976. The lowest BCUT2D eigenvalue weighted by Gasteiger charge is -2.28. The molecule has 122 valence electrons. The summed E-state index contributed by atoms with van der Waals surface area (Å²) in [5, 5.41) is 20.7. The number of esters is 1. The van der Waals surface area contributed by atoms with Gasteiger partial charge < -0.3 is 20.3 Å². The molecule has 0 aliphatic carbocycles. The van der Waals surface area contributed by atoms with Crippen LogP contribution in [0.4, 0.5) is 0 Å². The Hall–Kier alpha value is -1.44. The lowest BCUT2D eigenvalue weighted by atomic mass is 9.93. The predicted octanol–water partition coefficient (Wildman–Crippen LogP) is -0.476. The third-order valence-corrected chi connectivity index (χ3v) is 2.96. The van der Waals surface area contributed by atoms with E-state index in [9.17, 15) is 9.59 Å². The monoisotopic (exact) mass is 302 g/mol. The van der Waals surface area contributed by atoms with Crippen LogP contribution in [0.1, 0.15) is 27.7 Å². The van der Waals surface area contributed by atoms with Crippen molar-refractivity contribution in [2.45, 2.75) is 33.9 Å². The molecule has 0 heterocycles. The highest BCUT2D eigenvalue weighted by Gasteiger charge is 2.28. The molecule has 7 nitrogen and oxygen atoms in total. The highest BCUT2D eigenvalue weighted by Crippen LogP contribution is 2.18. The molecule has 0 spiro atoms. The van der Waals surface area contributed by atoms with Crippen LogP contribution in [0.15, 0.2) is 12.2 Å². The molecule has 21 heavy (non-hydrogen) atoms. The maximum absolute atomic E-state index is 11.5. The molecule has 0 aliphatic heterocycles. The molecule has 0 aromatic carbocycles. The number of aliphatic hydroxyl groups excluding tert-OH is 2. The van der Waals surface area contributed by atoms with E-state index in [1.54, 1.807) is 27.7 Å². The Morgan fingerprint density at radius 3 is 2.24 bits per heavy atom. The van der Waals surface area contributed by atoms with Gasteiger partial charge in [-0.25, -0.2) is 4.79 Å². The van der Waals surface area contributed by atoms with Crippen molar-refractivity contribution in [3.05, 3.63) is 12.2 Å². The van der Waals surface area contributed by atoms with Crippen LogP contribution in [0.3, 0.4) is 0 Å². The van der Waals surface area contributed by atoms with Crippen LogP contribution in [0.5, 0.6) is 0 Å². The van der Waals surface area contributed by atoms with E-state index in [0.29, 0.717) is 0 Å². The quantitative estimate of drug-likeness (QED) is 0.273. The Balaban J connectivity index is 4.30. The lowest BCUT2D eigenvalue weighted by Crippen LogP contribution is -2.43. The number of aliphatic hydroxyl groups is 2. The van der Waals surface area contributed by atoms with Crippen LogP contribution in [0, 0.1) is 10.8 Å². The summed E-state index contributed by atoms with van der Waals surface area (Å²) >= 11 is 0. The van der Waals surface area contributed by atoms with Gasteiger partial charge in [0.1, 0.15) is 0 Å². The molecule has 0 bridgehead atoms. The first-order valence-electron chi connectivity index (χ1n) is 6.68. The van der Waals surface area contributed by atoms with Gasteiger partial charge in [-0.2, -0.15) is 0 Å². The molecule has 1 amide bonds. The second kappa shape index (κ2) is 8.11. The minimum Gasteiger partial charge on any atom is -0.443 e. The standard InChI is InChI=1S/C14H26N2O5/c1-13(2,8-17)7-16-10(19)5-6-11(20)21-12(15)14(3,4)9-18/h5-6,12,17-18H,7-9,15H2,1-4H3,(H,16,19)/b6-5+. The molecule has 1 atom stereocenters. The summed E-state index contributed by atoms with van der Waals surface area (Å²) < 4.78 is 4.90. The zero-order valence-electron chi connectivity index (χ0n) is 13.0. The van der Waals surface area contributed by atoms with E-state index >= 15 is 0 Å². The molecule has 0 saturated heterocycles. The van der Waals surface area contributed by atoms with E-state index in [-0.39, 0.29) is 19.8 Å². The Bertz CT molecular complexity index is 391. The zero-order valence-corrected chi connectivity index (χ0v) is 13.0. The molecule has 0 aliphatic rings. The lowest BCUT2D eigenvalue weighted by molar-refractivity contribution is -0.150. The third-order valence-electron chi connectivity index (χ3n) is 2.96. The first-order chi connectivity index (χ1) is 9.54. The van der Waals surface area contributed by atoms with Crippen molar-refractivity contribution in [3.63, 3.8) is 0 Å². The molecule has 0 rings (SSSR count). The zero-order chi connectivity index (χ0) is 16.7. The number of nitrogens with two attached hydrogens (primary N) is 1. The maximum Gasteiger partial charge on any atom is 0.332 e. The summed E-state index contributed by atoms with van der Waals surface area (Å²) in [5.74, 6) is -1.23. The first kappa shape index (κ1) is 19.6. The van der Waals surface area contributed by atoms with E-state index in [1.165, 1.54) is 0 Å². The van der Waals surface area contributed by atoms with Gasteiger partial charge in [0.25, 0.3) is 0 Å². The van der Waals surface area contributed by atoms with Gasteiger partial charge >= 0.3 is 5.97 Å². The number of ether oxygens (including phenoxy) is 1. The van der Waals surface area contributed by atoms with E-state index in [0.717, 1.165) is 12.2 Å². The largest absolute Gasteiger partial charge is 0.443 e. The van der Waals surface area contributed by atoms with Crippen LogP contribution in [-0.2, 0) is 14.3 Å². The summed E-state index contributed by atoms with van der Waals surface area (Å²) in [6.07, 6.45) is 1.03. The summed E-state index contributed by atoms with van der Waals surface area (Å²) in [6.45, 7) is 6.87. The van der Waals surface area contributed by atoms with E-state index in [4.69, 9.17) is 20.7 Å². The fourth-order valence-electron chi connectivity index (χ4n) is 0.999. The van der Waals surface area contributed by atoms with Crippen molar-refractivity contribution in [1.29, 1.82) is 0 Å². The van der Waals surface area contributed by atoms with Crippen LogP contribution in [0.2, 0.25) is 0 Å². The smallest absolute Gasteiger partial charge is 0.332 e. The molecular weight excluding hydrogens is 276 g/mol. The third kappa shape index (κ3) is 7.79. The average molecular weight is 302 g/mol. The second-order valence-corrected chi connectivity index (χ2v) is 6.38. The molecule has 7 heteroatoms. The van der Waals surface area contributed by atoms with Crippen molar-refractivity contribution in [3.8, 4) is 0 Å². The van der Waals surface area contributed by atoms with E-state index in [2.05, 4.69) is 5.32 Å². The number of carbonyl (C=O) groups excluding carboxylic acids is 2. The molecule has 0 radical (unpaired) electrons. The van der Waals surface area contributed by atoms with Crippen molar-refractivity contribution in [2.75, 3.05) is 19.8 Å². The minimum absolute atomic E-state index is 0.0653. The Labute approximate surface area is 125 Å². The first-order valence-corrected chi connectivity index (χ1v) is 6.68. The van der Waals surface area contributed by atoms with Crippen LogP contribution in [0.25, 0.3) is 0 Å². The van der Waals surface area contributed by atoms with E-state index < -0.39 is 28.9 Å². The molecule has 0 saturated carbocycles. The molecule has 0 aromatic heterocycles. The van der Waals surface area contributed by atoms with Crippen LogP contribution in [-0.4, -0.2) is 48.1 Å². The highest BCUT2D eigenvalue weighted by molar-refractivity contribution is 5.94. The topological polar surface area (TPSA) is 122 Å². The molecule has 0 fully saturated rings. The van der Waals surface area contributed by atoms with Crippen molar-refractivity contribution in [1.82, 2.24) is 5.32 Å². The van der Waals surface area contributed by atoms with Crippen LogP contribution < -0.4 is 11.1 Å². The number of hydrogen-bond donors (Lipinski definition) is 4. The Kier molecular flexibility index (Phi) is 7.56. The van der Waals surface area contributed by atoms with Gasteiger partial charge in [-0.15, -0.1) is 0 Å². The van der Waals surface area contributed by atoms with Gasteiger partial charge in [0.05, 0.1) is 6.61 Å². The maximum atomic E-state index is 11.5. The Morgan fingerprint density at radius 1 is 1.19 bits per heavy atom. The summed E-state index contributed by atoms with van der Waals surface area (Å²) in [4.78, 5) is 23.0. The van der Waals surface area contributed by atoms with E-state index in [1.807, 2.05) is 0 Å². The van der Waals surface area contributed by atoms with Crippen molar-refractivity contribution >= 4 is 11.9 Å². The fourth-order valence-corrected chi connectivity index (χ4v) is 0.999. The van der Waals surface area contributed by atoms with Crippen molar-refractivity contribution < 1.29 is 24.5 Å². The molecular formula is C14H26N2O5. The number of rotatable bonds is 8. The molecule has 5 N–H and O–H groups in total. The fraction of sp³-hybridized carbons (Fsp3) is 0.714. The number of amides is 1. The molecule has 0 aromatic rings. The van der Waals surface area contributed by atoms with Gasteiger partial charge in [-0.1, -0.05) is 27.7 Å². The number of carbonyl (C=O) groups is 2. The second-order valence-electron chi connectivity index (χ2n) is 6.38. The van der Waals surface area contributed by atoms with Gasteiger partial charge in [0.2, 0.25) is 5.91 Å². The summed E-state index contributed by atoms with van der Waals surface area (Å²) in [7, 11) is 0. The highest BCUT2D eigenvalue weighted by atomic mass is 16.6. The normalized spacial score (nSPS) is 14.0. The van der Waals surface area contributed by atoms with Gasteiger partial charge in [0.15, 0.2) is 6.23 Å². The van der Waals surface area contributed by atoms with Gasteiger partial charge in [-0.3, -0.25) is 10.5 Å². The Morgan fingerprint density at radius 2 is 1.76 bits per heavy atom. The number of hydrogen-bond acceptors (Lipinski definition) is 6. The molecule has 1 unspecified atom stereocenters. The summed E-state index contributed by atoms with van der Waals surface area (Å²) in [5.41, 5.74) is 4.44. The van der Waals surface area contributed by atoms with Crippen LogP contribution >= 0.6 is 0 Å². The predicted molar refractivity (Wildman–Crippen MR) is 78.0 cm³/mol.